The van der Waals surface area contributed by atoms with Crippen LogP contribution in [-0.4, -0.2) is 15.7 Å². The molecular formula is C12H12ClN3O. The number of aryl methyl sites for hydroxylation is 2. The lowest BCUT2D eigenvalue weighted by Crippen LogP contribution is -2.14. The van der Waals surface area contributed by atoms with Crippen molar-refractivity contribution in [2.45, 2.75) is 6.92 Å². The molecule has 0 radical (unpaired) electrons. The molecule has 1 N–H and O–H groups in total. The molecule has 0 fully saturated rings. The Labute approximate surface area is 104 Å². The van der Waals surface area contributed by atoms with Crippen LogP contribution in [0.2, 0.25) is 5.02 Å². The Balaban J connectivity index is 2.20. The number of amides is 1. The van der Waals surface area contributed by atoms with Gasteiger partial charge < -0.3 is 5.32 Å². The zero-order valence-electron chi connectivity index (χ0n) is 9.57. The van der Waals surface area contributed by atoms with Crippen molar-refractivity contribution in [2.75, 3.05) is 5.32 Å². The highest BCUT2D eigenvalue weighted by molar-refractivity contribution is 6.31. The van der Waals surface area contributed by atoms with E-state index in [1.54, 1.807) is 36.0 Å². The Hall–Kier alpha value is -1.81. The molecular weight excluding hydrogens is 238 g/mol. The minimum atomic E-state index is -0.199. The molecule has 0 aliphatic heterocycles. The summed E-state index contributed by atoms with van der Waals surface area (Å²) in [5.74, 6) is 0.461. The molecule has 2 aromatic rings. The average Bonchev–Trinajstić information content (AvgIpc) is 2.57. The van der Waals surface area contributed by atoms with Gasteiger partial charge in [0.2, 0.25) is 0 Å². The molecule has 0 atom stereocenters. The monoisotopic (exact) mass is 249 g/mol. The third-order valence-corrected chi connectivity index (χ3v) is 2.57. The predicted octanol–water partition coefficient (Wildman–Crippen LogP) is 2.63. The Kier molecular flexibility index (Phi) is 3.15. The standard InChI is InChI=1S/C12H12ClN3O/c1-8-6-11(16(2)15-8)14-12(17)9-4-3-5-10(13)7-9/h3-7H,1-2H3,(H,14,17). The van der Waals surface area contributed by atoms with Crippen molar-refractivity contribution >= 4 is 23.3 Å². The van der Waals surface area contributed by atoms with Crippen molar-refractivity contribution in [3.05, 3.63) is 46.6 Å². The second-order valence-corrected chi connectivity index (χ2v) is 4.20. The molecule has 4 nitrogen and oxygen atoms in total. The van der Waals surface area contributed by atoms with Crippen molar-refractivity contribution in [1.82, 2.24) is 9.78 Å². The quantitative estimate of drug-likeness (QED) is 0.889. The molecule has 1 aromatic heterocycles. The number of halogens is 1. The number of hydrogen-bond donors (Lipinski definition) is 1. The maximum atomic E-state index is 11.9. The highest BCUT2D eigenvalue weighted by Gasteiger charge is 2.09. The number of nitrogens with zero attached hydrogens (tertiary/aromatic N) is 2. The molecule has 88 valence electrons. The smallest absolute Gasteiger partial charge is 0.256 e. The van der Waals surface area contributed by atoms with E-state index in [1.807, 2.05) is 13.0 Å². The predicted molar refractivity (Wildman–Crippen MR) is 67.4 cm³/mol. The van der Waals surface area contributed by atoms with Gasteiger partial charge >= 0.3 is 0 Å². The maximum absolute atomic E-state index is 11.9. The first-order valence-corrected chi connectivity index (χ1v) is 5.51. The number of anilines is 1. The average molecular weight is 250 g/mol. The van der Waals surface area contributed by atoms with Crippen LogP contribution < -0.4 is 5.32 Å². The van der Waals surface area contributed by atoms with Gasteiger partial charge in [-0.1, -0.05) is 17.7 Å². The normalized spacial score (nSPS) is 10.3. The van der Waals surface area contributed by atoms with Gasteiger partial charge in [-0.25, -0.2) is 0 Å². The number of carbonyl (C=O) groups excluding carboxylic acids is 1. The third-order valence-electron chi connectivity index (χ3n) is 2.33. The lowest BCUT2D eigenvalue weighted by molar-refractivity contribution is 0.102. The highest BCUT2D eigenvalue weighted by Crippen LogP contribution is 2.13. The van der Waals surface area contributed by atoms with Crippen molar-refractivity contribution in [3.8, 4) is 0 Å². The van der Waals surface area contributed by atoms with Gasteiger partial charge in [0.1, 0.15) is 5.82 Å². The van der Waals surface area contributed by atoms with Crippen LogP contribution in [0, 0.1) is 6.92 Å². The Morgan fingerprint density at radius 1 is 1.41 bits per heavy atom. The van der Waals surface area contributed by atoms with Gasteiger partial charge in [0.25, 0.3) is 5.91 Å². The first-order valence-electron chi connectivity index (χ1n) is 5.14. The molecule has 1 heterocycles. The zero-order chi connectivity index (χ0) is 12.4. The largest absolute Gasteiger partial charge is 0.307 e. The van der Waals surface area contributed by atoms with Crippen LogP contribution >= 0.6 is 11.6 Å². The Bertz CT molecular complexity index is 563. The van der Waals surface area contributed by atoms with Gasteiger partial charge in [0.05, 0.1) is 5.69 Å². The molecule has 0 aliphatic carbocycles. The second-order valence-electron chi connectivity index (χ2n) is 3.76. The molecule has 0 bridgehead atoms. The van der Waals surface area contributed by atoms with Crippen LogP contribution in [0.4, 0.5) is 5.82 Å². The van der Waals surface area contributed by atoms with Crippen molar-refractivity contribution < 1.29 is 4.79 Å². The molecule has 5 heteroatoms. The summed E-state index contributed by atoms with van der Waals surface area (Å²) in [5, 5.41) is 7.47. The topological polar surface area (TPSA) is 46.9 Å². The molecule has 0 saturated heterocycles. The molecule has 0 saturated carbocycles. The number of rotatable bonds is 2. The Morgan fingerprint density at radius 3 is 2.76 bits per heavy atom. The van der Waals surface area contributed by atoms with E-state index in [4.69, 9.17) is 11.6 Å². The van der Waals surface area contributed by atoms with Crippen molar-refractivity contribution in [1.29, 1.82) is 0 Å². The number of aromatic nitrogens is 2. The SMILES string of the molecule is Cc1cc(NC(=O)c2cccc(Cl)c2)n(C)n1. The van der Waals surface area contributed by atoms with E-state index in [-0.39, 0.29) is 5.91 Å². The van der Waals surface area contributed by atoms with Gasteiger partial charge in [-0.2, -0.15) is 5.10 Å². The lowest BCUT2D eigenvalue weighted by Gasteiger charge is -2.05. The molecule has 0 spiro atoms. The minimum absolute atomic E-state index is 0.199. The van der Waals surface area contributed by atoms with Crippen LogP contribution in [0.5, 0.6) is 0 Å². The van der Waals surface area contributed by atoms with E-state index in [2.05, 4.69) is 10.4 Å². The van der Waals surface area contributed by atoms with Crippen LogP contribution in [0.15, 0.2) is 30.3 Å². The summed E-state index contributed by atoms with van der Waals surface area (Å²) >= 11 is 5.83. The van der Waals surface area contributed by atoms with Crippen LogP contribution in [0.1, 0.15) is 16.1 Å². The van der Waals surface area contributed by atoms with Gasteiger partial charge in [0.15, 0.2) is 0 Å². The van der Waals surface area contributed by atoms with Gasteiger partial charge in [-0.3, -0.25) is 9.48 Å². The number of carbonyl (C=O) groups is 1. The van der Waals surface area contributed by atoms with Crippen LogP contribution in [-0.2, 0) is 7.05 Å². The second kappa shape index (κ2) is 4.59. The fraction of sp³-hybridized carbons (Fsp3) is 0.167. The van der Waals surface area contributed by atoms with E-state index in [1.165, 1.54) is 0 Å². The maximum Gasteiger partial charge on any atom is 0.256 e. The first-order chi connectivity index (χ1) is 8.06. The van der Waals surface area contributed by atoms with E-state index >= 15 is 0 Å². The summed E-state index contributed by atoms with van der Waals surface area (Å²) in [5.41, 5.74) is 1.38. The van der Waals surface area contributed by atoms with Crippen LogP contribution in [0.3, 0.4) is 0 Å². The summed E-state index contributed by atoms with van der Waals surface area (Å²) in [6, 6.07) is 8.62. The molecule has 1 amide bonds. The molecule has 0 unspecified atom stereocenters. The summed E-state index contributed by atoms with van der Waals surface area (Å²) in [6.45, 7) is 1.87. The summed E-state index contributed by atoms with van der Waals surface area (Å²) in [6.07, 6.45) is 0. The molecule has 1 aromatic carbocycles. The lowest BCUT2D eigenvalue weighted by atomic mass is 10.2. The van der Waals surface area contributed by atoms with E-state index in [0.29, 0.717) is 16.4 Å². The van der Waals surface area contributed by atoms with E-state index in [0.717, 1.165) is 5.69 Å². The Morgan fingerprint density at radius 2 is 2.18 bits per heavy atom. The minimum Gasteiger partial charge on any atom is -0.307 e. The fourth-order valence-electron chi connectivity index (χ4n) is 1.55. The number of hydrogen-bond acceptors (Lipinski definition) is 2. The molecule has 2 rings (SSSR count). The number of nitrogens with one attached hydrogen (secondary N) is 1. The number of benzene rings is 1. The van der Waals surface area contributed by atoms with Gasteiger partial charge in [-0.05, 0) is 25.1 Å². The third kappa shape index (κ3) is 2.65. The zero-order valence-corrected chi connectivity index (χ0v) is 10.3. The summed E-state index contributed by atoms with van der Waals surface area (Å²) < 4.78 is 1.62. The van der Waals surface area contributed by atoms with Crippen molar-refractivity contribution in [3.63, 3.8) is 0 Å². The van der Waals surface area contributed by atoms with E-state index < -0.39 is 0 Å². The first kappa shape index (κ1) is 11.7. The molecule has 0 aliphatic rings. The van der Waals surface area contributed by atoms with Gasteiger partial charge in [0, 0.05) is 23.7 Å². The fourth-order valence-corrected chi connectivity index (χ4v) is 1.74. The summed E-state index contributed by atoms with van der Waals surface area (Å²) in [4.78, 5) is 11.9. The van der Waals surface area contributed by atoms with E-state index in [9.17, 15) is 4.79 Å². The molecule has 17 heavy (non-hydrogen) atoms. The van der Waals surface area contributed by atoms with Crippen molar-refractivity contribution in [2.24, 2.45) is 7.05 Å². The summed E-state index contributed by atoms with van der Waals surface area (Å²) in [7, 11) is 1.78. The highest BCUT2D eigenvalue weighted by atomic mass is 35.5. The van der Waals surface area contributed by atoms with Crippen LogP contribution in [0.25, 0.3) is 0 Å². The van der Waals surface area contributed by atoms with Gasteiger partial charge in [-0.15, -0.1) is 0 Å².